The van der Waals surface area contributed by atoms with E-state index in [9.17, 15) is 9.59 Å². The maximum absolute atomic E-state index is 12.1. The van der Waals surface area contributed by atoms with Crippen LogP contribution in [0.1, 0.15) is 31.4 Å². The SMILES string of the molecule is CCC(C)C(NC(N)=O)C(=O)NCc1ccc(C)cc1. The minimum atomic E-state index is -0.680. The first-order chi connectivity index (χ1) is 9.43. The van der Waals surface area contributed by atoms with E-state index < -0.39 is 12.1 Å². The summed E-state index contributed by atoms with van der Waals surface area (Å²) in [4.78, 5) is 23.1. The third-order valence-electron chi connectivity index (χ3n) is 3.38. The van der Waals surface area contributed by atoms with E-state index in [1.165, 1.54) is 5.56 Å². The van der Waals surface area contributed by atoms with Crippen molar-refractivity contribution in [2.45, 2.75) is 39.8 Å². The van der Waals surface area contributed by atoms with Gasteiger partial charge in [-0.05, 0) is 18.4 Å². The zero-order chi connectivity index (χ0) is 15.1. The highest BCUT2D eigenvalue weighted by molar-refractivity contribution is 5.86. The van der Waals surface area contributed by atoms with Crippen LogP contribution in [0, 0.1) is 12.8 Å². The van der Waals surface area contributed by atoms with E-state index in [2.05, 4.69) is 10.6 Å². The molecule has 0 spiro atoms. The Bertz CT molecular complexity index is 457. The van der Waals surface area contributed by atoms with Gasteiger partial charge in [-0.25, -0.2) is 4.79 Å². The normalized spacial score (nSPS) is 13.3. The van der Waals surface area contributed by atoms with Crippen LogP contribution in [-0.4, -0.2) is 18.0 Å². The van der Waals surface area contributed by atoms with Crippen molar-refractivity contribution in [2.24, 2.45) is 11.7 Å². The summed E-state index contributed by atoms with van der Waals surface area (Å²) in [7, 11) is 0. The van der Waals surface area contributed by atoms with Gasteiger partial charge in [0.2, 0.25) is 5.91 Å². The highest BCUT2D eigenvalue weighted by Crippen LogP contribution is 2.08. The molecule has 0 saturated carbocycles. The van der Waals surface area contributed by atoms with Crippen molar-refractivity contribution in [1.29, 1.82) is 0 Å². The molecule has 3 amide bonds. The van der Waals surface area contributed by atoms with E-state index in [0.717, 1.165) is 12.0 Å². The zero-order valence-electron chi connectivity index (χ0n) is 12.3. The molecule has 2 unspecified atom stereocenters. The number of rotatable bonds is 6. The molecule has 1 aromatic carbocycles. The number of carbonyl (C=O) groups excluding carboxylic acids is 2. The van der Waals surface area contributed by atoms with Crippen LogP contribution in [0.2, 0.25) is 0 Å². The van der Waals surface area contributed by atoms with Gasteiger partial charge in [0.1, 0.15) is 6.04 Å². The molecule has 5 heteroatoms. The molecule has 0 saturated heterocycles. The molecule has 110 valence electrons. The topological polar surface area (TPSA) is 84.2 Å². The average Bonchev–Trinajstić information content (AvgIpc) is 2.42. The van der Waals surface area contributed by atoms with Crippen molar-refractivity contribution in [3.8, 4) is 0 Å². The molecule has 2 atom stereocenters. The largest absolute Gasteiger partial charge is 0.352 e. The smallest absolute Gasteiger partial charge is 0.312 e. The van der Waals surface area contributed by atoms with Crippen LogP contribution < -0.4 is 16.4 Å². The lowest BCUT2D eigenvalue weighted by Crippen LogP contribution is -2.51. The molecule has 20 heavy (non-hydrogen) atoms. The highest BCUT2D eigenvalue weighted by atomic mass is 16.2. The number of hydrogen-bond donors (Lipinski definition) is 3. The van der Waals surface area contributed by atoms with Gasteiger partial charge in [0, 0.05) is 6.54 Å². The fraction of sp³-hybridized carbons (Fsp3) is 0.467. The van der Waals surface area contributed by atoms with E-state index in [1.54, 1.807) is 0 Å². The third kappa shape index (κ3) is 4.91. The number of nitrogens with two attached hydrogens (primary N) is 1. The second-order valence-electron chi connectivity index (χ2n) is 5.08. The van der Waals surface area contributed by atoms with Crippen LogP contribution in [-0.2, 0) is 11.3 Å². The Morgan fingerprint density at radius 1 is 1.25 bits per heavy atom. The molecule has 0 radical (unpaired) electrons. The van der Waals surface area contributed by atoms with Gasteiger partial charge in [0.25, 0.3) is 0 Å². The number of carbonyl (C=O) groups is 2. The first-order valence-electron chi connectivity index (χ1n) is 6.83. The molecular weight excluding hydrogens is 254 g/mol. The summed E-state index contributed by atoms with van der Waals surface area (Å²) in [5, 5.41) is 5.33. The van der Waals surface area contributed by atoms with Gasteiger partial charge in [-0.3, -0.25) is 4.79 Å². The van der Waals surface area contributed by atoms with E-state index in [4.69, 9.17) is 5.73 Å². The van der Waals surface area contributed by atoms with Crippen LogP contribution in [0.3, 0.4) is 0 Å². The second-order valence-corrected chi connectivity index (χ2v) is 5.08. The molecule has 1 rings (SSSR count). The van der Waals surface area contributed by atoms with Crippen LogP contribution in [0.5, 0.6) is 0 Å². The molecule has 0 aromatic heterocycles. The number of urea groups is 1. The maximum atomic E-state index is 12.1. The van der Waals surface area contributed by atoms with Gasteiger partial charge in [-0.1, -0.05) is 50.1 Å². The molecule has 0 fully saturated rings. The molecule has 4 N–H and O–H groups in total. The van der Waals surface area contributed by atoms with Gasteiger partial charge in [-0.15, -0.1) is 0 Å². The van der Waals surface area contributed by atoms with Crippen LogP contribution >= 0.6 is 0 Å². The van der Waals surface area contributed by atoms with E-state index >= 15 is 0 Å². The summed E-state index contributed by atoms with van der Waals surface area (Å²) >= 11 is 0. The fourth-order valence-corrected chi connectivity index (χ4v) is 1.86. The minimum absolute atomic E-state index is 0.0283. The average molecular weight is 277 g/mol. The van der Waals surface area contributed by atoms with Gasteiger partial charge >= 0.3 is 6.03 Å². The Kier molecular flexibility index (Phi) is 6.03. The number of benzene rings is 1. The number of amides is 3. The molecule has 0 bridgehead atoms. The predicted molar refractivity (Wildman–Crippen MR) is 79.0 cm³/mol. The Balaban J connectivity index is 2.61. The highest BCUT2D eigenvalue weighted by Gasteiger charge is 2.24. The lowest BCUT2D eigenvalue weighted by atomic mass is 9.98. The van der Waals surface area contributed by atoms with Crippen molar-refractivity contribution in [3.63, 3.8) is 0 Å². The lowest BCUT2D eigenvalue weighted by Gasteiger charge is -2.22. The molecule has 1 aromatic rings. The summed E-state index contributed by atoms with van der Waals surface area (Å²) in [5.74, 6) is -0.181. The Morgan fingerprint density at radius 3 is 2.35 bits per heavy atom. The predicted octanol–water partition coefficient (Wildman–Crippen LogP) is 1.69. The Morgan fingerprint density at radius 2 is 1.85 bits per heavy atom. The molecule has 0 aliphatic heterocycles. The van der Waals surface area contributed by atoms with Crippen LogP contribution in [0.15, 0.2) is 24.3 Å². The maximum Gasteiger partial charge on any atom is 0.312 e. The molecule has 0 heterocycles. The summed E-state index contributed by atoms with van der Waals surface area (Å²) < 4.78 is 0. The minimum Gasteiger partial charge on any atom is -0.352 e. The first kappa shape index (κ1) is 16.0. The van der Waals surface area contributed by atoms with Gasteiger partial charge < -0.3 is 16.4 Å². The molecular formula is C15H23N3O2. The van der Waals surface area contributed by atoms with Crippen molar-refractivity contribution < 1.29 is 9.59 Å². The van der Waals surface area contributed by atoms with Crippen LogP contribution in [0.4, 0.5) is 4.79 Å². The number of nitrogens with one attached hydrogen (secondary N) is 2. The quantitative estimate of drug-likeness (QED) is 0.739. The van der Waals surface area contributed by atoms with Crippen molar-refractivity contribution >= 4 is 11.9 Å². The summed E-state index contributed by atoms with van der Waals surface area (Å²) in [6.07, 6.45) is 0.781. The van der Waals surface area contributed by atoms with E-state index in [-0.39, 0.29) is 11.8 Å². The third-order valence-corrected chi connectivity index (χ3v) is 3.38. The standard InChI is InChI=1S/C15H23N3O2/c1-4-11(3)13(18-15(16)20)14(19)17-9-12-7-5-10(2)6-8-12/h5-8,11,13H,4,9H2,1-3H3,(H,17,19)(H3,16,18,20). The summed E-state index contributed by atoms with van der Waals surface area (Å²) in [6, 6.07) is 6.65. The van der Waals surface area contributed by atoms with E-state index in [0.29, 0.717) is 6.54 Å². The van der Waals surface area contributed by atoms with Crippen molar-refractivity contribution in [3.05, 3.63) is 35.4 Å². The van der Waals surface area contributed by atoms with Crippen LogP contribution in [0.25, 0.3) is 0 Å². The van der Waals surface area contributed by atoms with Gasteiger partial charge in [-0.2, -0.15) is 0 Å². The Labute approximate surface area is 119 Å². The molecule has 5 nitrogen and oxygen atoms in total. The van der Waals surface area contributed by atoms with Crippen molar-refractivity contribution in [2.75, 3.05) is 0 Å². The van der Waals surface area contributed by atoms with Gasteiger partial charge in [0.05, 0.1) is 0 Å². The molecule has 0 aliphatic carbocycles. The monoisotopic (exact) mass is 277 g/mol. The number of primary amides is 1. The Hall–Kier alpha value is -2.04. The number of aryl methyl sites for hydroxylation is 1. The van der Waals surface area contributed by atoms with Crippen molar-refractivity contribution in [1.82, 2.24) is 10.6 Å². The molecule has 0 aliphatic rings. The fourth-order valence-electron chi connectivity index (χ4n) is 1.86. The summed E-state index contributed by atoms with van der Waals surface area (Å²) in [5.41, 5.74) is 7.31. The lowest BCUT2D eigenvalue weighted by molar-refractivity contribution is -0.124. The zero-order valence-corrected chi connectivity index (χ0v) is 12.3. The number of hydrogen-bond acceptors (Lipinski definition) is 2. The first-order valence-corrected chi connectivity index (χ1v) is 6.83. The second kappa shape index (κ2) is 7.53. The van der Waals surface area contributed by atoms with Gasteiger partial charge in [0.15, 0.2) is 0 Å². The van der Waals surface area contributed by atoms with E-state index in [1.807, 2.05) is 45.0 Å². The summed E-state index contributed by atoms with van der Waals surface area (Å²) in [6.45, 7) is 6.32.